The number of sulfonamides is 2. The first-order valence-electron chi connectivity index (χ1n) is 14.1. The van der Waals surface area contributed by atoms with E-state index in [4.69, 9.17) is 14.2 Å². The van der Waals surface area contributed by atoms with Gasteiger partial charge in [-0.15, -0.1) is 0 Å². The average molecular weight is 714 g/mol. The number of ether oxygens (including phenoxy) is 3. The Kier molecular flexibility index (Phi) is 11.3. The van der Waals surface area contributed by atoms with E-state index < -0.39 is 63.3 Å². The molecule has 0 aliphatic rings. The normalized spacial score (nSPS) is 11.2. The van der Waals surface area contributed by atoms with Crippen LogP contribution in [0.3, 0.4) is 0 Å². The number of amides is 1. The molecule has 49 heavy (non-hydrogen) atoms. The van der Waals surface area contributed by atoms with E-state index in [9.17, 15) is 41.4 Å². The van der Waals surface area contributed by atoms with E-state index in [1.807, 2.05) is 0 Å². The second-order valence-electron chi connectivity index (χ2n) is 10.0. The molecule has 258 valence electrons. The van der Waals surface area contributed by atoms with Crippen LogP contribution < -0.4 is 28.1 Å². The van der Waals surface area contributed by atoms with Gasteiger partial charge in [0.15, 0.2) is 6.61 Å². The predicted molar refractivity (Wildman–Crippen MR) is 177 cm³/mol. The molecule has 0 saturated carbocycles. The van der Waals surface area contributed by atoms with Gasteiger partial charge in [-0.2, -0.15) is 0 Å². The summed E-state index contributed by atoms with van der Waals surface area (Å²) in [7, 11) is -6.45. The predicted octanol–water partition coefficient (Wildman–Crippen LogP) is 3.28. The van der Waals surface area contributed by atoms with Gasteiger partial charge < -0.3 is 29.7 Å². The molecule has 0 aromatic heterocycles. The van der Waals surface area contributed by atoms with Gasteiger partial charge in [0.25, 0.3) is 26.0 Å². The van der Waals surface area contributed by atoms with Crippen LogP contribution in [-0.2, 0) is 34.4 Å². The Labute approximate surface area is 282 Å². The number of para-hydroxylation sites is 1. The summed E-state index contributed by atoms with van der Waals surface area (Å²) in [5.41, 5.74) is -0.262. The number of benzene rings is 4. The maximum atomic E-state index is 13.9. The molecule has 15 nitrogen and oxygen atoms in total. The maximum absolute atomic E-state index is 13.9. The largest absolute Gasteiger partial charge is 0.497 e. The summed E-state index contributed by atoms with van der Waals surface area (Å²) in [5, 5.41) is 22.0. The molecule has 4 rings (SSSR count). The Bertz CT molecular complexity index is 2020. The summed E-state index contributed by atoms with van der Waals surface area (Å²) >= 11 is 0. The molecular weight excluding hydrogens is 682 g/mol. The number of carbonyl (C=O) groups is 3. The van der Waals surface area contributed by atoms with E-state index >= 15 is 0 Å². The molecule has 3 N–H and O–H groups in total. The molecular formula is C32H31N3O12S2. The van der Waals surface area contributed by atoms with E-state index in [0.29, 0.717) is 25.8 Å². The molecule has 0 spiro atoms. The Hall–Kier alpha value is -5.81. The number of anilines is 3. The van der Waals surface area contributed by atoms with E-state index in [2.05, 4.69) is 5.32 Å². The van der Waals surface area contributed by atoms with Crippen LogP contribution in [0.2, 0.25) is 0 Å². The Morgan fingerprint density at radius 3 is 1.65 bits per heavy atom. The summed E-state index contributed by atoms with van der Waals surface area (Å²) < 4.78 is 72.1. The number of carboxylic acid groups (broad SMARTS) is 2. The fourth-order valence-corrected chi connectivity index (χ4v) is 7.28. The van der Waals surface area contributed by atoms with Gasteiger partial charge in [0.1, 0.15) is 30.3 Å². The van der Waals surface area contributed by atoms with Crippen molar-refractivity contribution in [1.29, 1.82) is 0 Å². The monoisotopic (exact) mass is 713 g/mol. The molecule has 0 fully saturated rings. The van der Waals surface area contributed by atoms with Crippen LogP contribution in [0.4, 0.5) is 17.1 Å². The molecule has 1 amide bonds. The van der Waals surface area contributed by atoms with Crippen molar-refractivity contribution in [1.82, 2.24) is 0 Å². The maximum Gasteiger partial charge on any atom is 0.324 e. The number of carboxylic acids is 2. The minimum atomic E-state index is -4.64. The van der Waals surface area contributed by atoms with Gasteiger partial charge in [0, 0.05) is 11.8 Å². The van der Waals surface area contributed by atoms with Crippen molar-refractivity contribution in [2.45, 2.75) is 9.79 Å². The van der Waals surface area contributed by atoms with Crippen molar-refractivity contribution >= 4 is 55.0 Å². The zero-order valence-electron chi connectivity index (χ0n) is 26.0. The lowest BCUT2D eigenvalue weighted by Gasteiger charge is -2.27. The number of aliphatic carboxylic acids is 2. The summed E-state index contributed by atoms with van der Waals surface area (Å²) in [6, 6.07) is 21.7. The minimum Gasteiger partial charge on any atom is -0.497 e. The van der Waals surface area contributed by atoms with E-state index in [-0.39, 0.29) is 21.2 Å². The SMILES string of the molecule is COc1ccc(S(=O)(=O)N(CC(=O)O)c2ccc(N(CC(=O)O)S(=O)(=O)c3ccc(OC)cc3)c(OCC(=O)Nc3ccccc3)c2)cc1. The smallest absolute Gasteiger partial charge is 0.324 e. The molecule has 0 bridgehead atoms. The summed E-state index contributed by atoms with van der Waals surface area (Å²) in [6.45, 7) is -2.91. The fraction of sp³-hybridized carbons (Fsp3) is 0.156. The van der Waals surface area contributed by atoms with Crippen LogP contribution in [0.1, 0.15) is 0 Å². The van der Waals surface area contributed by atoms with E-state index in [0.717, 1.165) is 18.2 Å². The summed E-state index contributed by atoms with van der Waals surface area (Å²) in [6.07, 6.45) is 0. The fourth-order valence-electron chi connectivity index (χ4n) is 4.45. The molecule has 17 heteroatoms. The molecule has 4 aromatic rings. The second kappa shape index (κ2) is 15.4. The van der Waals surface area contributed by atoms with Crippen LogP contribution >= 0.6 is 0 Å². The number of methoxy groups -OCH3 is 2. The highest BCUT2D eigenvalue weighted by atomic mass is 32.2. The van der Waals surface area contributed by atoms with Crippen molar-refractivity contribution in [2.24, 2.45) is 0 Å². The standard InChI is InChI=1S/C32H31N3O12S2/c1-45-24-9-13-26(14-10-24)48(41,42)34(19-31(37)38)23-8-17-28(29(18-23)47-21-30(36)33-22-6-4-3-5-7-22)35(20-32(39)40)49(43,44)27-15-11-25(46-2)12-16-27/h3-18H,19-21H2,1-2H3,(H,33,36)(H,37,38)(H,39,40). The van der Waals surface area contributed by atoms with E-state index in [1.165, 1.54) is 62.8 Å². The van der Waals surface area contributed by atoms with Gasteiger partial charge in [-0.1, -0.05) is 18.2 Å². The molecule has 0 radical (unpaired) electrons. The zero-order chi connectivity index (χ0) is 35.8. The van der Waals surface area contributed by atoms with Gasteiger partial charge in [-0.25, -0.2) is 16.8 Å². The number of rotatable bonds is 16. The third-order valence-corrected chi connectivity index (χ3v) is 10.3. The first-order valence-corrected chi connectivity index (χ1v) is 17.0. The van der Waals surface area contributed by atoms with Crippen molar-refractivity contribution < 1.29 is 55.6 Å². The van der Waals surface area contributed by atoms with Gasteiger partial charge in [-0.3, -0.25) is 23.0 Å². The van der Waals surface area contributed by atoms with Crippen molar-refractivity contribution in [3.63, 3.8) is 0 Å². The quantitative estimate of drug-likeness (QED) is 0.153. The molecule has 0 heterocycles. The molecule has 4 aromatic carbocycles. The topological polar surface area (TPSA) is 206 Å². The lowest BCUT2D eigenvalue weighted by atomic mass is 10.2. The highest BCUT2D eigenvalue weighted by Crippen LogP contribution is 2.38. The molecule has 0 aliphatic carbocycles. The first kappa shape index (κ1) is 36.0. The summed E-state index contributed by atoms with van der Waals surface area (Å²) in [4.78, 5) is 36.1. The lowest BCUT2D eigenvalue weighted by molar-refractivity contribution is -0.136. The average Bonchev–Trinajstić information content (AvgIpc) is 3.09. The Balaban J connectivity index is 1.85. The van der Waals surface area contributed by atoms with Crippen molar-refractivity contribution in [2.75, 3.05) is 47.8 Å². The van der Waals surface area contributed by atoms with Crippen LogP contribution in [0, 0.1) is 0 Å². The minimum absolute atomic E-state index is 0.294. The van der Waals surface area contributed by atoms with Crippen LogP contribution in [0.25, 0.3) is 0 Å². The molecule has 0 atom stereocenters. The first-order chi connectivity index (χ1) is 23.3. The number of nitrogens with zero attached hydrogens (tertiary/aromatic N) is 2. The van der Waals surface area contributed by atoms with Crippen molar-refractivity contribution in [3.05, 3.63) is 97.1 Å². The number of hydrogen-bond acceptors (Lipinski definition) is 10. The van der Waals surface area contributed by atoms with Gasteiger partial charge in [0.05, 0.1) is 35.4 Å². The number of carbonyl (C=O) groups excluding carboxylic acids is 1. The highest BCUT2D eigenvalue weighted by molar-refractivity contribution is 7.93. The Morgan fingerprint density at radius 1 is 0.673 bits per heavy atom. The van der Waals surface area contributed by atoms with Gasteiger partial charge in [0.2, 0.25) is 0 Å². The third kappa shape index (κ3) is 8.76. The lowest BCUT2D eigenvalue weighted by Crippen LogP contribution is -2.37. The van der Waals surface area contributed by atoms with Crippen LogP contribution in [-0.4, -0.2) is 78.8 Å². The second-order valence-corrected chi connectivity index (χ2v) is 13.7. The van der Waals surface area contributed by atoms with Crippen LogP contribution in [0.5, 0.6) is 17.2 Å². The number of nitrogens with one attached hydrogen (secondary N) is 1. The molecule has 0 aliphatic heterocycles. The van der Waals surface area contributed by atoms with Gasteiger partial charge >= 0.3 is 11.9 Å². The molecule has 0 unspecified atom stereocenters. The van der Waals surface area contributed by atoms with Crippen molar-refractivity contribution in [3.8, 4) is 17.2 Å². The summed E-state index contributed by atoms with van der Waals surface area (Å²) in [5.74, 6) is -3.55. The van der Waals surface area contributed by atoms with Crippen LogP contribution in [0.15, 0.2) is 107 Å². The zero-order valence-corrected chi connectivity index (χ0v) is 27.7. The van der Waals surface area contributed by atoms with E-state index in [1.54, 1.807) is 30.3 Å². The highest BCUT2D eigenvalue weighted by Gasteiger charge is 2.32. The van der Waals surface area contributed by atoms with Gasteiger partial charge in [-0.05, 0) is 72.8 Å². The third-order valence-electron chi connectivity index (χ3n) is 6.77. The Morgan fingerprint density at radius 2 is 1.16 bits per heavy atom. The number of hydrogen-bond donors (Lipinski definition) is 3. The molecule has 0 saturated heterocycles.